The van der Waals surface area contributed by atoms with Crippen molar-refractivity contribution in [1.82, 2.24) is 5.43 Å². The molecule has 0 saturated heterocycles. The number of hydrazine groups is 1. The summed E-state index contributed by atoms with van der Waals surface area (Å²) in [5.41, 5.74) is 2.32. The van der Waals surface area contributed by atoms with E-state index in [0.717, 1.165) is 6.07 Å². The Morgan fingerprint density at radius 2 is 2.06 bits per heavy atom. The first-order valence-corrected chi connectivity index (χ1v) is 5.95. The summed E-state index contributed by atoms with van der Waals surface area (Å²) >= 11 is 0. The van der Waals surface area contributed by atoms with Crippen LogP contribution in [-0.2, 0) is 11.2 Å². The summed E-state index contributed by atoms with van der Waals surface area (Å²) in [5.74, 6) is 3.80. The maximum absolute atomic E-state index is 13.6. The zero-order valence-electron chi connectivity index (χ0n) is 11.0. The summed E-state index contributed by atoms with van der Waals surface area (Å²) in [6.45, 7) is 6.12. The highest BCUT2D eigenvalue weighted by Crippen LogP contribution is 2.21. The molecule has 0 aliphatic rings. The molecule has 0 fully saturated rings. The van der Waals surface area contributed by atoms with E-state index in [2.05, 4.69) is 5.43 Å². The molecule has 0 aromatic heterocycles. The highest BCUT2D eigenvalue weighted by molar-refractivity contribution is 5.20. The lowest BCUT2D eigenvalue weighted by Gasteiger charge is -2.33. The quantitative estimate of drug-likeness (QED) is 0.607. The Balaban J connectivity index is 2.89. The number of hydrogen-bond donors (Lipinski definition) is 2. The van der Waals surface area contributed by atoms with Gasteiger partial charge in [0.1, 0.15) is 0 Å². The van der Waals surface area contributed by atoms with E-state index in [4.69, 9.17) is 10.6 Å². The summed E-state index contributed by atoms with van der Waals surface area (Å²) in [5, 5.41) is 0. The minimum Gasteiger partial charge on any atom is -0.374 e. The van der Waals surface area contributed by atoms with Crippen molar-refractivity contribution in [3.05, 3.63) is 35.4 Å². The summed E-state index contributed by atoms with van der Waals surface area (Å²) < 4.78 is 32.3. The number of nitrogens with two attached hydrogens (primary N) is 1. The van der Waals surface area contributed by atoms with Crippen LogP contribution in [0.1, 0.15) is 26.3 Å². The van der Waals surface area contributed by atoms with Crippen LogP contribution in [0.25, 0.3) is 0 Å². The van der Waals surface area contributed by atoms with Gasteiger partial charge in [0.2, 0.25) is 0 Å². The number of nitrogens with one attached hydrogen (secondary N) is 1. The lowest BCUT2D eigenvalue weighted by molar-refractivity contribution is -0.0382. The molecule has 1 aromatic carbocycles. The van der Waals surface area contributed by atoms with E-state index in [0.29, 0.717) is 6.61 Å². The lowest BCUT2D eigenvalue weighted by atomic mass is 9.92. The Labute approximate surface area is 106 Å². The van der Waals surface area contributed by atoms with Gasteiger partial charge in [-0.1, -0.05) is 12.1 Å². The molecule has 0 saturated carbocycles. The second kappa shape index (κ2) is 6.22. The van der Waals surface area contributed by atoms with Crippen molar-refractivity contribution < 1.29 is 13.5 Å². The highest BCUT2D eigenvalue weighted by atomic mass is 19.2. The third-order valence-corrected chi connectivity index (χ3v) is 3.01. The maximum Gasteiger partial charge on any atom is 0.162 e. The van der Waals surface area contributed by atoms with Crippen LogP contribution >= 0.6 is 0 Å². The molecule has 0 radical (unpaired) electrons. The first-order valence-electron chi connectivity index (χ1n) is 5.95. The van der Waals surface area contributed by atoms with Gasteiger partial charge in [-0.15, -0.1) is 0 Å². The number of halogens is 2. The molecule has 0 bridgehead atoms. The lowest BCUT2D eigenvalue weighted by Crippen LogP contribution is -2.52. The molecule has 0 spiro atoms. The molecule has 102 valence electrons. The average Bonchev–Trinajstić information content (AvgIpc) is 2.30. The van der Waals surface area contributed by atoms with Crippen molar-refractivity contribution in [3.63, 3.8) is 0 Å². The number of hydrogen-bond acceptors (Lipinski definition) is 3. The van der Waals surface area contributed by atoms with Crippen molar-refractivity contribution >= 4 is 0 Å². The molecule has 0 aliphatic heterocycles. The first kappa shape index (κ1) is 15.0. The van der Waals surface area contributed by atoms with E-state index in [-0.39, 0.29) is 18.0 Å². The molecule has 3 nitrogen and oxygen atoms in total. The van der Waals surface area contributed by atoms with Gasteiger partial charge in [-0.3, -0.25) is 11.3 Å². The van der Waals surface area contributed by atoms with Crippen molar-refractivity contribution in [2.75, 3.05) is 6.61 Å². The smallest absolute Gasteiger partial charge is 0.162 e. The fraction of sp³-hybridized carbons (Fsp3) is 0.538. The molecule has 1 aromatic rings. The number of ether oxygens (including phenoxy) is 1. The Morgan fingerprint density at radius 1 is 1.39 bits per heavy atom. The second-order valence-corrected chi connectivity index (χ2v) is 4.67. The van der Waals surface area contributed by atoms with Gasteiger partial charge in [0, 0.05) is 6.61 Å². The van der Waals surface area contributed by atoms with Gasteiger partial charge < -0.3 is 4.74 Å². The Bertz CT molecular complexity index is 397. The third kappa shape index (κ3) is 3.48. The number of rotatable bonds is 6. The second-order valence-electron chi connectivity index (χ2n) is 4.67. The van der Waals surface area contributed by atoms with Crippen LogP contribution in [0.3, 0.4) is 0 Å². The molecule has 1 atom stereocenters. The van der Waals surface area contributed by atoms with E-state index < -0.39 is 17.2 Å². The minimum absolute atomic E-state index is 0.257. The maximum atomic E-state index is 13.6. The van der Waals surface area contributed by atoms with Crippen LogP contribution in [0, 0.1) is 11.6 Å². The Kier molecular flexibility index (Phi) is 5.19. The van der Waals surface area contributed by atoms with Gasteiger partial charge in [0.25, 0.3) is 0 Å². The largest absolute Gasteiger partial charge is 0.374 e. The van der Waals surface area contributed by atoms with Crippen LogP contribution in [0.2, 0.25) is 0 Å². The van der Waals surface area contributed by atoms with E-state index in [1.54, 1.807) is 6.07 Å². The first-order chi connectivity index (χ1) is 8.42. The molecule has 0 heterocycles. The highest BCUT2D eigenvalue weighted by Gasteiger charge is 2.30. The fourth-order valence-electron chi connectivity index (χ4n) is 1.90. The summed E-state index contributed by atoms with van der Waals surface area (Å²) in [6.07, 6.45) is 0.257. The van der Waals surface area contributed by atoms with E-state index in [9.17, 15) is 8.78 Å². The van der Waals surface area contributed by atoms with Crippen LogP contribution < -0.4 is 11.3 Å². The minimum atomic E-state index is -0.850. The van der Waals surface area contributed by atoms with Crippen molar-refractivity contribution in [2.45, 2.75) is 38.8 Å². The van der Waals surface area contributed by atoms with Crippen LogP contribution in [0.4, 0.5) is 8.78 Å². The van der Waals surface area contributed by atoms with Crippen LogP contribution in [0.15, 0.2) is 18.2 Å². The zero-order chi connectivity index (χ0) is 13.8. The zero-order valence-corrected chi connectivity index (χ0v) is 11.0. The molecular formula is C13H20F2N2O. The predicted molar refractivity (Wildman–Crippen MR) is 66.9 cm³/mol. The van der Waals surface area contributed by atoms with E-state index in [1.807, 2.05) is 20.8 Å². The van der Waals surface area contributed by atoms with Crippen LogP contribution in [0.5, 0.6) is 0 Å². The predicted octanol–water partition coefficient (Wildman–Crippen LogP) is 2.15. The molecule has 0 aliphatic carbocycles. The molecule has 1 rings (SSSR count). The van der Waals surface area contributed by atoms with Crippen molar-refractivity contribution in [2.24, 2.45) is 5.84 Å². The SMILES string of the molecule is CCOC(C)(C)C(Cc1cccc(F)c1F)NN. The topological polar surface area (TPSA) is 47.3 Å². The van der Waals surface area contributed by atoms with Gasteiger partial charge in [0.05, 0.1) is 11.6 Å². The van der Waals surface area contributed by atoms with Crippen molar-refractivity contribution in [1.29, 1.82) is 0 Å². The Hall–Kier alpha value is -1.04. The van der Waals surface area contributed by atoms with E-state index >= 15 is 0 Å². The van der Waals surface area contributed by atoms with Gasteiger partial charge in [-0.05, 0) is 38.8 Å². The molecule has 5 heteroatoms. The van der Waals surface area contributed by atoms with Crippen LogP contribution in [-0.4, -0.2) is 18.2 Å². The molecular weight excluding hydrogens is 238 g/mol. The molecule has 1 unspecified atom stereocenters. The summed E-state index contributed by atoms with van der Waals surface area (Å²) in [4.78, 5) is 0. The van der Waals surface area contributed by atoms with E-state index in [1.165, 1.54) is 6.07 Å². The monoisotopic (exact) mass is 258 g/mol. The standard InChI is InChI=1S/C13H20F2N2O/c1-4-18-13(2,3)11(17-16)8-9-6-5-7-10(14)12(9)15/h5-7,11,17H,4,8,16H2,1-3H3. The summed E-state index contributed by atoms with van der Waals surface area (Å²) in [7, 11) is 0. The van der Waals surface area contributed by atoms with Gasteiger partial charge >= 0.3 is 0 Å². The van der Waals surface area contributed by atoms with Gasteiger partial charge in [-0.2, -0.15) is 0 Å². The normalized spacial score (nSPS) is 13.7. The average molecular weight is 258 g/mol. The molecule has 18 heavy (non-hydrogen) atoms. The fourth-order valence-corrected chi connectivity index (χ4v) is 1.90. The number of benzene rings is 1. The van der Waals surface area contributed by atoms with Gasteiger partial charge in [0.15, 0.2) is 11.6 Å². The third-order valence-electron chi connectivity index (χ3n) is 3.01. The Morgan fingerprint density at radius 3 is 2.61 bits per heavy atom. The molecule has 3 N–H and O–H groups in total. The van der Waals surface area contributed by atoms with Crippen molar-refractivity contribution in [3.8, 4) is 0 Å². The molecule has 0 amide bonds. The van der Waals surface area contributed by atoms with Gasteiger partial charge in [-0.25, -0.2) is 8.78 Å². The summed E-state index contributed by atoms with van der Waals surface area (Å²) in [6, 6.07) is 3.81.